The Morgan fingerprint density at radius 1 is 0.636 bits per heavy atom. The Morgan fingerprint density at radius 3 is 2.05 bits per heavy atom. The topological polar surface area (TPSA) is 57.4 Å². The van der Waals surface area contributed by atoms with Crippen LogP contribution in [0.25, 0.3) is 33.9 Å². The largest absolute Gasteiger partial charge is 0.345 e. The zero-order chi connectivity index (χ0) is 14.8. The van der Waals surface area contributed by atoms with Crippen LogP contribution in [0.5, 0.6) is 0 Å². The summed E-state index contributed by atoms with van der Waals surface area (Å²) in [5, 5.41) is 0. The van der Waals surface area contributed by atoms with Crippen molar-refractivity contribution in [1.29, 1.82) is 0 Å². The van der Waals surface area contributed by atoms with Crippen molar-refractivity contribution in [2.45, 2.75) is 0 Å². The van der Waals surface area contributed by atoms with Gasteiger partial charge in [-0.05, 0) is 23.3 Å². The number of aromatic amines is 2. The third kappa shape index (κ3) is 2.20. The van der Waals surface area contributed by atoms with Gasteiger partial charge in [0.2, 0.25) is 0 Å². The lowest BCUT2D eigenvalue weighted by Gasteiger charge is -2.10. The molecular weight excluding hydrogens is 272 g/mol. The second kappa shape index (κ2) is 5.33. The lowest BCUT2D eigenvalue weighted by Crippen LogP contribution is -1.89. The maximum atomic E-state index is 4.39. The quantitative estimate of drug-likeness (QED) is 0.595. The van der Waals surface area contributed by atoms with Gasteiger partial charge in [-0.15, -0.1) is 0 Å². The van der Waals surface area contributed by atoms with E-state index in [0.717, 1.165) is 33.9 Å². The molecule has 0 fully saturated rings. The number of nitrogens with zero attached hydrogens (tertiary/aromatic N) is 2. The average Bonchev–Trinajstić information content (AvgIpc) is 3.29. The van der Waals surface area contributed by atoms with E-state index in [1.165, 1.54) is 0 Å². The average molecular weight is 286 g/mol. The Hall–Kier alpha value is -3.14. The van der Waals surface area contributed by atoms with Crippen molar-refractivity contribution in [2.24, 2.45) is 0 Å². The summed E-state index contributed by atoms with van der Waals surface area (Å²) in [5.41, 5.74) is 4.41. The molecule has 0 saturated heterocycles. The van der Waals surface area contributed by atoms with E-state index < -0.39 is 0 Å². The molecule has 0 unspecified atom stereocenters. The third-order valence-electron chi connectivity index (χ3n) is 3.63. The first kappa shape index (κ1) is 12.6. The van der Waals surface area contributed by atoms with Gasteiger partial charge in [0.05, 0.1) is 0 Å². The van der Waals surface area contributed by atoms with Gasteiger partial charge in [-0.25, -0.2) is 9.97 Å². The summed E-state index contributed by atoms with van der Waals surface area (Å²) >= 11 is 0. The maximum Gasteiger partial charge on any atom is 0.137 e. The Labute approximate surface area is 127 Å². The van der Waals surface area contributed by atoms with Crippen molar-refractivity contribution in [3.63, 3.8) is 0 Å². The molecule has 0 radical (unpaired) electrons. The van der Waals surface area contributed by atoms with Crippen molar-refractivity contribution in [2.75, 3.05) is 0 Å². The number of nitrogens with one attached hydrogen (secondary N) is 2. The van der Waals surface area contributed by atoms with E-state index in [1.54, 1.807) is 12.4 Å². The highest BCUT2D eigenvalue weighted by Crippen LogP contribution is 2.33. The van der Waals surface area contributed by atoms with E-state index in [9.17, 15) is 0 Å². The minimum atomic E-state index is 0.864. The predicted octanol–water partition coefficient (Wildman–Crippen LogP) is 4.13. The molecule has 2 N–H and O–H groups in total. The highest BCUT2D eigenvalue weighted by atomic mass is 14.9. The van der Waals surface area contributed by atoms with Gasteiger partial charge in [-0.2, -0.15) is 0 Å². The predicted molar refractivity (Wildman–Crippen MR) is 87.0 cm³/mol. The smallest absolute Gasteiger partial charge is 0.137 e. The minimum Gasteiger partial charge on any atom is -0.345 e. The van der Waals surface area contributed by atoms with Crippen LogP contribution < -0.4 is 0 Å². The van der Waals surface area contributed by atoms with Gasteiger partial charge in [-0.1, -0.05) is 36.4 Å². The molecule has 22 heavy (non-hydrogen) atoms. The second-order valence-corrected chi connectivity index (χ2v) is 5.00. The fraction of sp³-hybridized carbons (Fsp3) is 0. The van der Waals surface area contributed by atoms with E-state index in [4.69, 9.17) is 0 Å². The summed E-state index contributed by atoms with van der Waals surface area (Å²) in [6, 6.07) is 16.6. The molecular formula is C18H14N4. The summed E-state index contributed by atoms with van der Waals surface area (Å²) in [6.07, 6.45) is 7.20. The van der Waals surface area contributed by atoms with Crippen molar-refractivity contribution >= 4 is 0 Å². The minimum absolute atomic E-state index is 0.864. The molecule has 2 heterocycles. The van der Waals surface area contributed by atoms with Crippen LogP contribution in [0.15, 0.2) is 73.3 Å². The van der Waals surface area contributed by atoms with Crippen LogP contribution in [-0.4, -0.2) is 19.9 Å². The van der Waals surface area contributed by atoms with Crippen molar-refractivity contribution < 1.29 is 0 Å². The lowest BCUT2D eigenvalue weighted by atomic mass is 9.96. The third-order valence-corrected chi connectivity index (χ3v) is 3.63. The molecule has 0 bridgehead atoms. The molecule has 4 aromatic rings. The highest BCUT2D eigenvalue weighted by Gasteiger charge is 2.11. The number of rotatable bonds is 3. The van der Waals surface area contributed by atoms with Gasteiger partial charge < -0.3 is 9.97 Å². The van der Waals surface area contributed by atoms with Gasteiger partial charge >= 0.3 is 0 Å². The van der Waals surface area contributed by atoms with Crippen LogP contribution in [0.3, 0.4) is 0 Å². The number of benzene rings is 2. The van der Waals surface area contributed by atoms with Crippen LogP contribution in [0.4, 0.5) is 0 Å². The molecule has 0 saturated carbocycles. The van der Waals surface area contributed by atoms with E-state index in [2.05, 4.69) is 50.3 Å². The maximum absolute atomic E-state index is 4.39. The fourth-order valence-electron chi connectivity index (χ4n) is 2.59. The van der Waals surface area contributed by atoms with Gasteiger partial charge in [-0.3, -0.25) is 0 Å². The molecule has 0 spiro atoms. The van der Waals surface area contributed by atoms with Crippen LogP contribution in [0.1, 0.15) is 0 Å². The monoisotopic (exact) mass is 286 g/mol. The SMILES string of the molecule is c1ccc(-c2cc(-c3ncc[nH]3)ccc2-c2ncc[nH]2)cc1. The molecule has 4 rings (SSSR count). The Bertz CT molecular complexity index is 863. The number of aromatic nitrogens is 4. The molecule has 0 aliphatic carbocycles. The first-order valence-corrected chi connectivity index (χ1v) is 7.11. The fourth-order valence-corrected chi connectivity index (χ4v) is 2.59. The first-order valence-electron chi connectivity index (χ1n) is 7.11. The normalized spacial score (nSPS) is 10.7. The molecule has 0 amide bonds. The van der Waals surface area contributed by atoms with Crippen molar-refractivity contribution in [1.82, 2.24) is 19.9 Å². The first-order chi connectivity index (χ1) is 10.9. The number of imidazole rings is 2. The molecule has 106 valence electrons. The summed E-state index contributed by atoms with van der Waals surface area (Å²) in [5.74, 6) is 1.73. The van der Waals surface area contributed by atoms with Gasteiger partial charge in [0.25, 0.3) is 0 Å². The molecule has 4 heteroatoms. The van der Waals surface area contributed by atoms with E-state index >= 15 is 0 Å². The molecule has 0 atom stereocenters. The zero-order valence-corrected chi connectivity index (χ0v) is 11.8. The number of hydrogen-bond acceptors (Lipinski definition) is 2. The number of hydrogen-bond donors (Lipinski definition) is 2. The van der Waals surface area contributed by atoms with Crippen LogP contribution in [0, 0.1) is 0 Å². The van der Waals surface area contributed by atoms with Gasteiger partial charge in [0, 0.05) is 35.9 Å². The van der Waals surface area contributed by atoms with Crippen LogP contribution >= 0.6 is 0 Å². The zero-order valence-electron chi connectivity index (χ0n) is 11.8. The van der Waals surface area contributed by atoms with Crippen molar-refractivity contribution in [3.8, 4) is 33.9 Å². The Kier molecular flexibility index (Phi) is 3.05. The van der Waals surface area contributed by atoms with Crippen LogP contribution in [-0.2, 0) is 0 Å². The van der Waals surface area contributed by atoms with Crippen molar-refractivity contribution in [3.05, 3.63) is 73.3 Å². The Balaban J connectivity index is 1.93. The summed E-state index contributed by atoms with van der Waals surface area (Å²) in [4.78, 5) is 15.1. The summed E-state index contributed by atoms with van der Waals surface area (Å²) < 4.78 is 0. The highest BCUT2D eigenvalue weighted by molar-refractivity contribution is 5.84. The van der Waals surface area contributed by atoms with Gasteiger partial charge in [0.15, 0.2) is 0 Å². The molecule has 2 aromatic carbocycles. The van der Waals surface area contributed by atoms with E-state index in [-0.39, 0.29) is 0 Å². The van der Waals surface area contributed by atoms with Crippen LogP contribution in [0.2, 0.25) is 0 Å². The van der Waals surface area contributed by atoms with Gasteiger partial charge in [0.1, 0.15) is 11.6 Å². The Morgan fingerprint density at radius 2 is 1.36 bits per heavy atom. The lowest BCUT2D eigenvalue weighted by molar-refractivity contribution is 1.29. The van der Waals surface area contributed by atoms with E-state index in [1.807, 2.05) is 30.6 Å². The van der Waals surface area contributed by atoms with E-state index in [0.29, 0.717) is 0 Å². The molecule has 2 aromatic heterocycles. The standard InChI is InChI=1S/C18H14N4/c1-2-4-13(5-3-1)16-12-14(17-19-8-9-20-17)6-7-15(16)18-21-10-11-22-18/h1-12H,(H,19,20)(H,21,22). The molecule has 4 nitrogen and oxygen atoms in total. The summed E-state index contributed by atoms with van der Waals surface area (Å²) in [7, 11) is 0. The molecule has 0 aliphatic rings. The molecule has 0 aliphatic heterocycles. The number of H-pyrrole nitrogens is 2. The second-order valence-electron chi connectivity index (χ2n) is 5.00. The summed E-state index contributed by atoms with van der Waals surface area (Å²) in [6.45, 7) is 0.